The number of para-hydroxylation sites is 1. The molecule has 0 bridgehead atoms. The fraction of sp³-hybridized carbons (Fsp3) is 0.115. The number of thiazole rings is 1. The fourth-order valence-corrected chi connectivity index (χ4v) is 4.66. The van der Waals surface area contributed by atoms with Gasteiger partial charge in [0.25, 0.3) is 11.5 Å². The number of carbonyl (C=O) groups excluding carboxylic acids is 1. The molecule has 5 rings (SSSR count). The van der Waals surface area contributed by atoms with Gasteiger partial charge in [0.05, 0.1) is 22.6 Å². The average molecular weight is 468 g/mol. The molecule has 0 unspecified atom stereocenters. The molecule has 3 aromatic heterocycles. The van der Waals surface area contributed by atoms with Gasteiger partial charge < -0.3 is 5.32 Å². The first-order valence-electron chi connectivity index (χ1n) is 10.8. The topological polar surface area (TPSA) is 89.8 Å². The lowest BCUT2D eigenvalue weighted by Gasteiger charge is -2.08. The highest BCUT2D eigenvalue weighted by atomic mass is 32.1. The molecule has 5 aromatic rings. The molecule has 8 heteroatoms. The maximum absolute atomic E-state index is 12.5. The summed E-state index contributed by atoms with van der Waals surface area (Å²) in [6, 6.07) is 24.4. The number of benzene rings is 2. The van der Waals surface area contributed by atoms with E-state index < -0.39 is 0 Å². The van der Waals surface area contributed by atoms with E-state index in [0.717, 1.165) is 32.0 Å². The van der Waals surface area contributed by atoms with Gasteiger partial charge in [-0.3, -0.25) is 9.59 Å². The Morgan fingerprint density at radius 2 is 1.74 bits per heavy atom. The van der Waals surface area contributed by atoms with Crippen molar-refractivity contribution in [3.05, 3.63) is 101 Å². The first-order chi connectivity index (χ1) is 16.6. The van der Waals surface area contributed by atoms with Crippen LogP contribution in [0.5, 0.6) is 0 Å². The lowest BCUT2D eigenvalue weighted by atomic mass is 10.2. The largest absolute Gasteiger partial charge is 0.349 e. The van der Waals surface area contributed by atoms with Crippen LogP contribution in [0.2, 0.25) is 0 Å². The monoisotopic (exact) mass is 467 g/mol. The molecule has 0 saturated heterocycles. The lowest BCUT2D eigenvalue weighted by molar-refractivity contribution is 0.0947. The van der Waals surface area contributed by atoms with Crippen molar-refractivity contribution >= 4 is 28.1 Å². The van der Waals surface area contributed by atoms with Gasteiger partial charge in [-0.2, -0.15) is 5.10 Å². The van der Waals surface area contributed by atoms with Crippen LogP contribution in [0.1, 0.15) is 16.2 Å². The molecule has 34 heavy (non-hydrogen) atoms. The van der Waals surface area contributed by atoms with Crippen LogP contribution in [0.15, 0.2) is 83.7 Å². The Bertz CT molecular complexity index is 1540. The molecule has 2 aromatic carbocycles. The van der Waals surface area contributed by atoms with Crippen LogP contribution in [0.4, 0.5) is 0 Å². The van der Waals surface area contributed by atoms with Crippen LogP contribution >= 0.6 is 11.3 Å². The number of aromatic nitrogens is 4. The average Bonchev–Trinajstić information content (AvgIpc) is 3.27. The zero-order valence-corrected chi connectivity index (χ0v) is 19.2. The maximum atomic E-state index is 12.5. The van der Waals surface area contributed by atoms with Crippen molar-refractivity contribution in [3.8, 4) is 21.1 Å². The molecular weight excluding hydrogens is 446 g/mol. The van der Waals surface area contributed by atoms with Gasteiger partial charge in [0.1, 0.15) is 16.4 Å². The van der Waals surface area contributed by atoms with E-state index in [1.807, 2.05) is 67.6 Å². The van der Waals surface area contributed by atoms with Gasteiger partial charge in [0.2, 0.25) is 0 Å². The third-order valence-corrected chi connectivity index (χ3v) is 6.59. The van der Waals surface area contributed by atoms with Crippen molar-refractivity contribution in [2.24, 2.45) is 0 Å². The molecular formula is C26H21N5O2S. The third kappa shape index (κ3) is 4.49. The van der Waals surface area contributed by atoms with Crippen LogP contribution in [-0.2, 0) is 6.54 Å². The maximum Gasteiger partial charge on any atom is 0.269 e. The zero-order valence-electron chi connectivity index (χ0n) is 18.4. The Morgan fingerprint density at radius 1 is 0.941 bits per heavy atom. The van der Waals surface area contributed by atoms with Crippen LogP contribution < -0.4 is 10.9 Å². The van der Waals surface area contributed by atoms with E-state index >= 15 is 0 Å². The smallest absolute Gasteiger partial charge is 0.269 e. The van der Waals surface area contributed by atoms with Gasteiger partial charge in [-0.1, -0.05) is 54.6 Å². The highest BCUT2D eigenvalue weighted by molar-refractivity contribution is 7.18. The minimum atomic E-state index is -0.291. The summed E-state index contributed by atoms with van der Waals surface area (Å²) in [5, 5.41) is 9.23. The van der Waals surface area contributed by atoms with Crippen molar-refractivity contribution in [1.29, 1.82) is 0 Å². The van der Waals surface area contributed by atoms with E-state index in [1.54, 1.807) is 23.5 Å². The number of amides is 1. The molecule has 7 nitrogen and oxygen atoms in total. The van der Waals surface area contributed by atoms with Crippen molar-refractivity contribution in [3.63, 3.8) is 0 Å². The van der Waals surface area contributed by atoms with Crippen LogP contribution in [0.3, 0.4) is 0 Å². The number of aryl methyl sites for hydroxylation is 1. The van der Waals surface area contributed by atoms with Crippen LogP contribution in [0, 0.1) is 6.92 Å². The predicted octanol–water partition coefficient (Wildman–Crippen LogP) is 4.32. The molecule has 0 spiro atoms. The minimum Gasteiger partial charge on any atom is -0.349 e. The Labute approximate surface area is 199 Å². The van der Waals surface area contributed by atoms with E-state index in [9.17, 15) is 9.59 Å². The van der Waals surface area contributed by atoms with E-state index in [0.29, 0.717) is 11.4 Å². The van der Waals surface area contributed by atoms with Gasteiger partial charge in [0, 0.05) is 23.6 Å². The molecule has 0 atom stereocenters. The highest BCUT2D eigenvalue weighted by Crippen LogP contribution is 2.33. The van der Waals surface area contributed by atoms with Gasteiger partial charge in [-0.15, -0.1) is 11.3 Å². The van der Waals surface area contributed by atoms with E-state index in [2.05, 4.69) is 20.4 Å². The summed E-state index contributed by atoms with van der Waals surface area (Å²) in [5.74, 6) is -0.291. The Kier molecular flexibility index (Phi) is 5.97. The molecule has 168 valence electrons. The number of hydrogen-bond donors (Lipinski definition) is 1. The molecule has 0 aliphatic rings. The summed E-state index contributed by atoms with van der Waals surface area (Å²) in [5.41, 5.74) is 3.45. The van der Waals surface area contributed by atoms with Gasteiger partial charge in [-0.25, -0.2) is 14.6 Å². The first kappa shape index (κ1) is 21.7. The summed E-state index contributed by atoms with van der Waals surface area (Å²) in [7, 11) is 0. The third-order valence-electron chi connectivity index (χ3n) is 5.36. The van der Waals surface area contributed by atoms with Crippen molar-refractivity contribution in [2.75, 3.05) is 6.54 Å². The number of pyridine rings is 1. The quantitative estimate of drug-likeness (QED) is 0.402. The minimum absolute atomic E-state index is 0.229. The number of nitrogens with one attached hydrogen (secondary N) is 1. The second kappa shape index (κ2) is 9.36. The van der Waals surface area contributed by atoms with Crippen LogP contribution in [-0.4, -0.2) is 32.2 Å². The lowest BCUT2D eigenvalue weighted by Crippen LogP contribution is -2.32. The molecule has 0 aliphatic heterocycles. The van der Waals surface area contributed by atoms with Crippen LogP contribution in [0.25, 0.3) is 32.0 Å². The van der Waals surface area contributed by atoms with Gasteiger partial charge in [0.15, 0.2) is 0 Å². The first-order valence-corrected chi connectivity index (χ1v) is 11.7. The molecule has 0 aliphatic carbocycles. The molecule has 1 amide bonds. The van der Waals surface area contributed by atoms with Crippen molar-refractivity contribution in [1.82, 2.24) is 25.1 Å². The Balaban J connectivity index is 1.30. The predicted molar refractivity (Wildman–Crippen MR) is 134 cm³/mol. The molecule has 0 saturated carbocycles. The summed E-state index contributed by atoms with van der Waals surface area (Å²) < 4.78 is 1.37. The number of nitrogens with zero attached hydrogens (tertiary/aromatic N) is 4. The van der Waals surface area contributed by atoms with Gasteiger partial charge >= 0.3 is 0 Å². The van der Waals surface area contributed by atoms with E-state index in [1.165, 1.54) is 10.7 Å². The van der Waals surface area contributed by atoms with Gasteiger partial charge in [-0.05, 0) is 25.1 Å². The highest BCUT2D eigenvalue weighted by Gasteiger charge is 2.14. The molecule has 0 fully saturated rings. The normalized spacial score (nSPS) is 11.0. The Hall–Kier alpha value is -4.17. The molecule has 1 N–H and O–H groups in total. The summed E-state index contributed by atoms with van der Waals surface area (Å²) in [6.07, 6.45) is 0. The summed E-state index contributed by atoms with van der Waals surface area (Å²) in [6.45, 7) is 2.43. The molecule has 3 heterocycles. The standard InChI is InChI=1S/C26H21N5O2S/c1-17-24(34-26(28-17)19-8-3-2-4-9-19)21-13-14-23(32)31(30-21)16-15-27-25(33)22-12-11-18-7-5-6-10-20(18)29-22/h2-14H,15-16H2,1H3,(H,27,33). The van der Waals surface area contributed by atoms with E-state index in [4.69, 9.17) is 0 Å². The summed E-state index contributed by atoms with van der Waals surface area (Å²) in [4.78, 5) is 34.9. The van der Waals surface area contributed by atoms with Crippen molar-refractivity contribution < 1.29 is 4.79 Å². The van der Waals surface area contributed by atoms with Crippen molar-refractivity contribution in [2.45, 2.75) is 13.5 Å². The second-order valence-corrected chi connectivity index (χ2v) is 8.72. The number of hydrogen-bond acceptors (Lipinski definition) is 6. The summed E-state index contributed by atoms with van der Waals surface area (Å²) >= 11 is 1.54. The molecule has 0 radical (unpaired) electrons. The Morgan fingerprint density at radius 3 is 2.59 bits per heavy atom. The number of rotatable bonds is 6. The fourth-order valence-electron chi connectivity index (χ4n) is 3.63. The van der Waals surface area contributed by atoms with E-state index in [-0.39, 0.29) is 24.6 Å². The number of carbonyl (C=O) groups is 1. The second-order valence-electron chi connectivity index (χ2n) is 7.72. The number of fused-ring (bicyclic) bond motifs is 1. The zero-order chi connectivity index (χ0) is 23.5. The SMILES string of the molecule is Cc1nc(-c2ccccc2)sc1-c1ccc(=O)n(CCNC(=O)c2ccc3ccccc3n2)n1.